The Morgan fingerprint density at radius 3 is 2.50 bits per heavy atom. The molecule has 1 amide bonds. The van der Waals surface area contributed by atoms with E-state index in [1.165, 1.54) is 4.68 Å². The number of carbonyl (C=O) groups is 2. The Bertz CT molecular complexity index is 555. The summed E-state index contributed by atoms with van der Waals surface area (Å²) in [4.78, 5) is 26.1. The lowest BCUT2D eigenvalue weighted by Crippen LogP contribution is -2.56. The van der Waals surface area contributed by atoms with Gasteiger partial charge in [-0.05, 0) is 25.8 Å². The van der Waals surface area contributed by atoms with Crippen molar-refractivity contribution in [1.82, 2.24) is 14.7 Å². The first kappa shape index (κ1) is 15.0. The van der Waals surface area contributed by atoms with Crippen molar-refractivity contribution in [3.8, 4) is 0 Å². The van der Waals surface area contributed by atoms with Crippen LogP contribution < -0.4 is 0 Å². The van der Waals surface area contributed by atoms with Crippen LogP contribution in [0.25, 0.3) is 0 Å². The van der Waals surface area contributed by atoms with Crippen LogP contribution in [0.5, 0.6) is 0 Å². The Morgan fingerprint density at radius 2 is 2.00 bits per heavy atom. The fourth-order valence-electron chi connectivity index (χ4n) is 3.42. The van der Waals surface area contributed by atoms with E-state index >= 15 is 0 Å². The summed E-state index contributed by atoms with van der Waals surface area (Å²) in [6.07, 6.45) is 5.58. The van der Waals surface area contributed by atoms with E-state index in [-0.39, 0.29) is 5.91 Å². The summed E-state index contributed by atoms with van der Waals surface area (Å²) in [5, 5.41) is 13.8. The van der Waals surface area contributed by atoms with Gasteiger partial charge in [0.15, 0.2) is 5.54 Å². The third kappa shape index (κ3) is 2.29. The Morgan fingerprint density at radius 1 is 1.27 bits per heavy atom. The van der Waals surface area contributed by atoms with Crippen molar-refractivity contribution >= 4 is 11.9 Å². The van der Waals surface area contributed by atoms with Crippen LogP contribution in [-0.2, 0) is 19.9 Å². The molecule has 0 aromatic carbocycles. The molecule has 2 aliphatic heterocycles. The fraction of sp³-hybridized carbons (Fsp3) is 0.667. The van der Waals surface area contributed by atoms with E-state index in [0.29, 0.717) is 32.5 Å². The molecule has 0 radical (unpaired) electrons. The van der Waals surface area contributed by atoms with E-state index in [1.807, 2.05) is 6.92 Å². The van der Waals surface area contributed by atoms with Crippen molar-refractivity contribution in [2.24, 2.45) is 0 Å². The minimum Gasteiger partial charge on any atom is -0.479 e. The molecule has 2 aliphatic rings. The number of amides is 1. The lowest BCUT2D eigenvalue weighted by atomic mass is 9.86. The van der Waals surface area contributed by atoms with Gasteiger partial charge < -0.3 is 14.7 Å². The van der Waals surface area contributed by atoms with Gasteiger partial charge in [0.25, 0.3) is 5.91 Å². The van der Waals surface area contributed by atoms with Crippen LogP contribution in [0.3, 0.4) is 0 Å². The zero-order chi connectivity index (χ0) is 15.8. The number of likely N-dealkylation sites (tertiary alicyclic amines) is 1. The molecule has 1 atom stereocenters. The van der Waals surface area contributed by atoms with Gasteiger partial charge in [0.1, 0.15) is 5.60 Å². The molecule has 22 heavy (non-hydrogen) atoms. The molecule has 3 rings (SSSR count). The van der Waals surface area contributed by atoms with Gasteiger partial charge in [-0.1, -0.05) is 0 Å². The van der Waals surface area contributed by atoms with Crippen LogP contribution in [0, 0.1) is 0 Å². The maximum atomic E-state index is 12.6. The molecule has 3 heterocycles. The van der Waals surface area contributed by atoms with E-state index < -0.39 is 17.1 Å². The molecule has 2 saturated heterocycles. The number of aliphatic carboxylic acids is 1. The summed E-state index contributed by atoms with van der Waals surface area (Å²) in [6, 6.07) is 1.72. The molecule has 120 valence electrons. The zero-order valence-electron chi connectivity index (χ0n) is 12.7. The minimum atomic E-state index is -1.06. The number of carboxylic acid groups (broad SMARTS) is 1. The van der Waals surface area contributed by atoms with Gasteiger partial charge in [-0.3, -0.25) is 9.48 Å². The molecule has 0 bridgehead atoms. The van der Waals surface area contributed by atoms with Crippen molar-refractivity contribution in [3.05, 3.63) is 18.5 Å². The number of carboxylic acids is 1. The standard InChI is InChI=1S/C15H21N3O4/c1-14(4-2-11-22-14)12(19)17-9-5-15(6-10-17,13(20)21)18-8-3-7-16-18/h3,7-8H,2,4-6,9-11H2,1H3,(H,20,21)/t14-/m1/s1. The van der Waals surface area contributed by atoms with Crippen LogP contribution in [-0.4, -0.2) is 57.0 Å². The van der Waals surface area contributed by atoms with Crippen LogP contribution in [0.1, 0.15) is 32.6 Å². The Balaban J connectivity index is 1.74. The third-order valence-electron chi connectivity index (χ3n) is 4.89. The second-order valence-corrected chi connectivity index (χ2v) is 6.26. The van der Waals surface area contributed by atoms with Gasteiger partial charge in [0.05, 0.1) is 0 Å². The predicted octanol–water partition coefficient (Wildman–Crippen LogP) is 0.854. The SMILES string of the molecule is C[C@]1(C(=O)N2CCC(C(=O)O)(n3cccn3)CC2)CCCO1. The third-order valence-corrected chi connectivity index (χ3v) is 4.89. The maximum absolute atomic E-state index is 12.6. The average Bonchev–Trinajstić information content (AvgIpc) is 3.18. The Hall–Kier alpha value is -1.89. The summed E-state index contributed by atoms with van der Waals surface area (Å²) in [5.41, 5.74) is -1.80. The molecule has 1 aromatic rings. The van der Waals surface area contributed by atoms with Crippen molar-refractivity contribution in [2.45, 2.75) is 43.7 Å². The number of nitrogens with zero attached hydrogens (tertiary/aromatic N) is 3. The molecule has 1 aromatic heterocycles. The number of piperidine rings is 1. The largest absolute Gasteiger partial charge is 0.479 e. The fourth-order valence-corrected chi connectivity index (χ4v) is 3.42. The van der Waals surface area contributed by atoms with Gasteiger partial charge in [0.2, 0.25) is 0 Å². The second kappa shape index (κ2) is 5.39. The maximum Gasteiger partial charge on any atom is 0.331 e. The molecular weight excluding hydrogens is 286 g/mol. The topological polar surface area (TPSA) is 84.7 Å². The first-order valence-electron chi connectivity index (χ1n) is 7.65. The monoisotopic (exact) mass is 307 g/mol. The van der Waals surface area contributed by atoms with E-state index in [4.69, 9.17) is 4.74 Å². The lowest BCUT2D eigenvalue weighted by molar-refractivity contribution is -0.159. The first-order chi connectivity index (χ1) is 10.5. The quantitative estimate of drug-likeness (QED) is 0.895. The number of hydrogen-bond donors (Lipinski definition) is 1. The molecule has 2 fully saturated rings. The van der Waals surface area contributed by atoms with E-state index in [2.05, 4.69) is 5.10 Å². The molecular formula is C15H21N3O4. The molecule has 0 unspecified atom stereocenters. The second-order valence-electron chi connectivity index (χ2n) is 6.26. The normalized spacial score (nSPS) is 27.8. The molecule has 7 nitrogen and oxygen atoms in total. The number of aromatic nitrogens is 2. The van der Waals surface area contributed by atoms with E-state index in [9.17, 15) is 14.7 Å². The predicted molar refractivity (Wildman–Crippen MR) is 77.2 cm³/mol. The van der Waals surface area contributed by atoms with Crippen molar-refractivity contribution in [3.63, 3.8) is 0 Å². The van der Waals surface area contributed by atoms with Crippen LogP contribution in [0.2, 0.25) is 0 Å². The summed E-state index contributed by atoms with van der Waals surface area (Å²) < 4.78 is 7.11. The highest BCUT2D eigenvalue weighted by Crippen LogP contribution is 2.33. The molecule has 0 spiro atoms. The van der Waals surface area contributed by atoms with Gasteiger partial charge in [0, 0.05) is 44.9 Å². The summed E-state index contributed by atoms with van der Waals surface area (Å²) in [7, 11) is 0. The van der Waals surface area contributed by atoms with Crippen LogP contribution in [0.15, 0.2) is 18.5 Å². The lowest BCUT2D eigenvalue weighted by Gasteiger charge is -2.41. The molecule has 0 aliphatic carbocycles. The van der Waals surface area contributed by atoms with Crippen LogP contribution in [0.4, 0.5) is 0 Å². The smallest absolute Gasteiger partial charge is 0.331 e. The van der Waals surface area contributed by atoms with Gasteiger partial charge in [-0.25, -0.2) is 4.79 Å². The van der Waals surface area contributed by atoms with Crippen molar-refractivity contribution in [1.29, 1.82) is 0 Å². The Kier molecular flexibility index (Phi) is 3.68. The average molecular weight is 307 g/mol. The molecule has 1 N–H and O–H groups in total. The van der Waals surface area contributed by atoms with Crippen molar-refractivity contribution in [2.75, 3.05) is 19.7 Å². The number of ether oxygens (including phenoxy) is 1. The Labute approximate surface area is 128 Å². The summed E-state index contributed by atoms with van der Waals surface area (Å²) in [6.45, 7) is 3.26. The summed E-state index contributed by atoms with van der Waals surface area (Å²) in [5.74, 6) is -0.920. The van der Waals surface area contributed by atoms with Gasteiger partial charge >= 0.3 is 5.97 Å². The molecule has 0 saturated carbocycles. The number of carbonyl (C=O) groups excluding carboxylic acids is 1. The highest BCUT2D eigenvalue weighted by Gasteiger charge is 2.48. The zero-order valence-corrected chi connectivity index (χ0v) is 12.7. The summed E-state index contributed by atoms with van der Waals surface area (Å²) >= 11 is 0. The van der Waals surface area contributed by atoms with Gasteiger partial charge in [-0.2, -0.15) is 5.10 Å². The van der Waals surface area contributed by atoms with E-state index in [1.54, 1.807) is 23.4 Å². The van der Waals surface area contributed by atoms with Gasteiger partial charge in [-0.15, -0.1) is 0 Å². The minimum absolute atomic E-state index is 0.0237. The molecule has 7 heteroatoms. The van der Waals surface area contributed by atoms with Crippen molar-refractivity contribution < 1.29 is 19.4 Å². The number of hydrogen-bond acceptors (Lipinski definition) is 4. The highest BCUT2D eigenvalue weighted by molar-refractivity contribution is 5.85. The number of rotatable bonds is 3. The highest BCUT2D eigenvalue weighted by atomic mass is 16.5. The van der Waals surface area contributed by atoms with Crippen LogP contribution >= 0.6 is 0 Å². The van der Waals surface area contributed by atoms with E-state index in [0.717, 1.165) is 12.8 Å². The first-order valence-corrected chi connectivity index (χ1v) is 7.65.